The van der Waals surface area contributed by atoms with Gasteiger partial charge in [-0.3, -0.25) is 4.79 Å². The van der Waals surface area contributed by atoms with Crippen molar-refractivity contribution in [1.82, 2.24) is 5.06 Å². The smallest absolute Gasteiger partial charge is 0.337 e. The largest absolute Gasteiger partial charge is 0.349 e. The number of nitrogens with zero attached hydrogens (tertiary/aromatic N) is 1. The molecule has 1 aromatic carbocycles. The van der Waals surface area contributed by atoms with Crippen molar-refractivity contribution >= 4 is 11.9 Å². The summed E-state index contributed by atoms with van der Waals surface area (Å²) in [7, 11) is 1.43. The molecule has 2 rings (SSSR count). The number of amides is 1. The Morgan fingerprint density at radius 2 is 1.86 bits per heavy atom. The maximum absolute atomic E-state index is 11.5. The molecule has 1 atom stereocenters. The zero-order chi connectivity index (χ0) is 10.1. The van der Waals surface area contributed by atoms with E-state index >= 15 is 0 Å². The van der Waals surface area contributed by atoms with E-state index in [-0.39, 0.29) is 5.91 Å². The van der Waals surface area contributed by atoms with Crippen LogP contribution in [-0.2, 0) is 14.4 Å². The van der Waals surface area contributed by atoms with E-state index in [0.29, 0.717) is 5.56 Å². The van der Waals surface area contributed by atoms with E-state index < -0.39 is 11.9 Å². The summed E-state index contributed by atoms with van der Waals surface area (Å²) in [5, 5.41) is 0.972. The van der Waals surface area contributed by atoms with Gasteiger partial charge in [0.15, 0.2) is 5.92 Å². The highest BCUT2D eigenvalue weighted by atomic mass is 16.7. The average molecular weight is 191 g/mol. The maximum Gasteiger partial charge on any atom is 0.349 e. The van der Waals surface area contributed by atoms with E-state index in [0.717, 1.165) is 5.06 Å². The first-order valence-electron chi connectivity index (χ1n) is 4.24. The highest BCUT2D eigenvalue weighted by molar-refractivity contribution is 6.06. The molecule has 1 aliphatic rings. The monoisotopic (exact) mass is 191 g/mol. The first-order chi connectivity index (χ1) is 6.70. The van der Waals surface area contributed by atoms with Crippen LogP contribution in [0.5, 0.6) is 0 Å². The number of hydrogen-bond donors (Lipinski definition) is 0. The van der Waals surface area contributed by atoms with Crippen LogP contribution >= 0.6 is 0 Å². The van der Waals surface area contributed by atoms with Gasteiger partial charge in [-0.2, -0.15) is 5.06 Å². The average Bonchev–Trinajstić information content (AvgIpc) is 2.43. The Labute approximate surface area is 81.0 Å². The number of rotatable bonds is 1. The van der Waals surface area contributed by atoms with Crippen molar-refractivity contribution in [2.75, 3.05) is 7.05 Å². The molecule has 1 aliphatic heterocycles. The second-order valence-electron chi connectivity index (χ2n) is 3.09. The zero-order valence-corrected chi connectivity index (χ0v) is 7.64. The Balaban J connectivity index is 2.36. The van der Waals surface area contributed by atoms with Crippen LogP contribution in [-0.4, -0.2) is 24.0 Å². The molecule has 1 saturated heterocycles. The van der Waals surface area contributed by atoms with Gasteiger partial charge in [-0.05, 0) is 5.56 Å². The molecule has 0 bridgehead atoms. The highest BCUT2D eigenvalue weighted by Gasteiger charge is 2.41. The van der Waals surface area contributed by atoms with E-state index in [1.807, 2.05) is 6.07 Å². The van der Waals surface area contributed by atoms with Crippen LogP contribution in [0.3, 0.4) is 0 Å². The summed E-state index contributed by atoms with van der Waals surface area (Å²) >= 11 is 0. The number of likely N-dealkylation sites (N-methyl/N-ethyl adjacent to an activating group) is 1. The van der Waals surface area contributed by atoms with Gasteiger partial charge in [0.25, 0.3) is 5.91 Å². The van der Waals surface area contributed by atoms with Crippen LogP contribution < -0.4 is 0 Å². The summed E-state index contributed by atoms with van der Waals surface area (Å²) in [4.78, 5) is 27.5. The van der Waals surface area contributed by atoms with Gasteiger partial charge in [-0.25, -0.2) is 4.79 Å². The van der Waals surface area contributed by atoms with Crippen molar-refractivity contribution in [3.63, 3.8) is 0 Å². The fourth-order valence-electron chi connectivity index (χ4n) is 1.44. The Bertz CT molecular complexity index is 374. The Hall–Kier alpha value is -1.84. The summed E-state index contributed by atoms with van der Waals surface area (Å²) in [6, 6.07) is 8.88. The van der Waals surface area contributed by atoms with Crippen LogP contribution in [0.4, 0.5) is 0 Å². The van der Waals surface area contributed by atoms with Gasteiger partial charge in [0.1, 0.15) is 0 Å². The third-order valence-corrected chi connectivity index (χ3v) is 2.15. The standard InChI is InChI=1S/C10H9NO3/c1-11-9(12)8(10(13)14-11)7-5-3-2-4-6-7/h2-6,8H,1H3. The lowest BCUT2D eigenvalue weighted by molar-refractivity contribution is -0.172. The predicted octanol–water partition coefficient (Wildman–Crippen LogP) is 0.700. The number of hydroxylamine groups is 2. The van der Waals surface area contributed by atoms with Gasteiger partial charge < -0.3 is 4.84 Å². The summed E-state index contributed by atoms with van der Waals surface area (Å²) in [5.41, 5.74) is 0.673. The predicted molar refractivity (Wildman–Crippen MR) is 48.0 cm³/mol. The highest BCUT2D eigenvalue weighted by Crippen LogP contribution is 2.25. The summed E-state index contributed by atoms with van der Waals surface area (Å²) in [6.45, 7) is 0. The van der Waals surface area contributed by atoms with E-state index in [2.05, 4.69) is 4.84 Å². The van der Waals surface area contributed by atoms with Crippen molar-refractivity contribution < 1.29 is 14.4 Å². The quantitative estimate of drug-likeness (QED) is 0.614. The molecule has 0 saturated carbocycles. The van der Waals surface area contributed by atoms with Gasteiger partial charge in [0, 0.05) is 7.05 Å². The number of benzene rings is 1. The minimum absolute atomic E-state index is 0.318. The van der Waals surface area contributed by atoms with Gasteiger partial charge in [0.2, 0.25) is 0 Å². The third-order valence-electron chi connectivity index (χ3n) is 2.15. The molecule has 14 heavy (non-hydrogen) atoms. The Morgan fingerprint density at radius 1 is 1.21 bits per heavy atom. The molecule has 1 amide bonds. The molecule has 72 valence electrons. The molecule has 0 radical (unpaired) electrons. The first kappa shape index (κ1) is 8.74. The van der Waals surface area contributed by atoms with Gasteiger partial charge in [-0.15, -0.1) is 0 Å². The number of carbonyl (C=O) groups excluding carboxylic acids is 2. The van der Waals surface area contributed by atoms with Crippen molar-refractivity contribution in [2.45, 2.75) is 5.92 Å². The molecular weight excluding hydrogens is 182 g/mol. The lowest BCUT2D eigenvalue weighted by Crippen LogP contribution is -2.20. The van der Waals surface area contributed by atoms with E-state index in [1.54, 1.807) is 24.3 Å². The number of hydrogen-bond acceptors (Lipinski definition) is 3. The van der Waals surface area contributed by atoms with E-state index in [1.165, 1.54) is 7.05 Å². The molecule has 0 aliphatic carbocycles. The van der Waals surface area contributed by atoms with Crippen LogP contribution in [0.2, 0.25) is 0 Å². The summed E-state index contributed by atoms with van der Waals surface area (Å²) < 4.78 is 0. The van der Waals surface area contributed by atoms with Crippen LogP contribution in [0.1, 0.15) is 11.5 Å². The maximum atomic E-state index is 11.5. The van der Waals surface area contributed by atoms with Gasteiger partial charge in [-0.1, -0.05) is 30.3 Å². The van der Waals surface area contributed by atoms with Gasteiger partial charge >= 0.3 is 5.97 Å². The Kier molecular flexibility index (Phi) is 1.96. The second kappa shape index (κ2) is 3.14. The lowest BCUT2D eigenvalue weighted by Gasteiger charge is -2.04. The summed E-state index contributed by atoms with van der Waals surface area (Å²) in [5.74, 6) is -1.62. The molecule has 0 N–H and O–H groups in total. The van der Waals surface area contributed by atoms with Gasteiger partial charge in [0.05, 0.1) is 0 Å². The van der Waals surface area contributed by atoms with Crippen LogP contribution in [0.15, 0.2) is 30.3 Å². The molecule has 0 aromatic heterocycles. The van der Waals surface area contributed by atoms with E-state index in [4.69, 9.17) is 0 Å². The minimum Gasteiger partial charge on any atom is -0.337 e. The molecule has 4 heteroatoms. The van der Waals surface area contributed by atoms with Crippen molar-refractivity contribution in [2.24, 2.45) is 0 Å². The second-order valence-corrected chi connectivity index (χ2v) is 3.09. The Morgan fingerprint density at radius 3 is 2.36 bits per heavy atom. The third kappa shape index (κ3) is 1.25. The molecule has 4 nitrogen and oxygen atoms in total. The molecule has 0 spiro atoms. The number of carbonyl (C=O) groups is 2. The molecule has 1 unspecified atom stereocenters. The van der Waals surface area contributed by atoms with Crippen LogP contribution in [0.25, 0.3) is 0 Å². The fourth-order valence-corrected chi connectivity index (χ4v) is 1.44. The SMILES string of the molecule is CN1OC(=O)C(c2ccccc2)C1=O. The van der Waals surface area contributed by atoms with E-state index in [9.17, 15) is 9.59 Å². The first-order valence-corrected chi connectivity index (χ1v) is 4.24. The minimum atomic E-state index is -0.791. The normalized spacial score (nSPS) is 21.2. The van der Waals surface area contributed by atoms with Crippen molar-refractivity contribution in [1.29, 1.82) is 0 Å². The molecular formula is C10H9NO3. The van der Waals surface area contributed by atoms with Crippen LogP contribution in [0, 0.1) is 0 Å². The van der Waals surface area contributed by atoms with Crippen molar-refractivity contribution in [3.8, 4) is 0 Å². The summed E-state index contributed by atoms with van der Waals surface area (Å²) in [6.07, 6.45) is 0. The molecule has 1 heterocycles. The lowest BCUT2D eigenvalue weighted by atomic mass is 9.99. The van der Waals surface area contributed by atoms with Crippen molar-refractivity contribution in [3.05, 3.63) is 35.9 Å². The topological polar surface area (TPSA) is 46.6 Å². The molecule has 1 fully saturated rings. The zero-order valence-electron chi connectivity index (χ0n) is 7.64. The molecule has 1 aromatic rings. The fraction of sp³-hybridized carbons (Fsp3) is 0.200.